The Labute approximate surface area is 141 Å². The van der Waals surface area contributed by atoms with E-state index in [2.05, 4.69) is 27.6 Å². The van der Waals surface area contributed by atoms with Crippen molar-refractivity contribution >= 4 is 5.96 Å². The Bertz CT molecular complexity index is 380. The van der Waals surface area contributed by atoms with Crippen molar-refractivity contribution in [2.75, 3.05) is 33.9 Å². The van der Waals surface area contributed by atoms with Gasteiger partial charge in [-0.1, -0.05) is 6.42 Å². The van der Waals surface area contributed by atoms with Crippen LogP contribution in [0, 0.1) is 5.92 Å². The average Bonchev–Trinajstić information content (AvgIpc) is 2.56. The summed E-state index contributed by atoms with van der Waals surface area (Å²) in [6, 6.07) is 2.11. The molecule has 3 aliphatic heterocycles. The van der Waals surface area contributed by atoms with E-state index in [0.29, 0.717) is 6.04 Å². The predicted octanol–water partition coefficient (Wildman–Crippen LogP) is 1.98. The Hall–Kier alpha value is -0.810. The fraction of sp³-hybridized carbons (Fsp3) is 0.944. The van der Waals surface area contributed by atoms with Crippen molar-refractivity contribution in [3.63, 3.8) is 0 Å². The quantitative estimate of drug-likeness (QED) is 0.614. The zero-order valence-corrected chi connectivity index (χ0v) is 14.9. The van der Waals surface area contributed by atoms with Crippen LogP contribution in [-0.2, 0) is 4.74 Å². The first kappa shape index (κ1) is 17.0. The highest BCUT2D eigenvalue weighted by Gasteiger charge is 2.36. The zero-order chi connectivity index (χ0) is 16.1. The second kappa shape index (κ2) is 8.34. The minimum Gasteiger partial charge on any atom is -0.381 e. The van der Waals surface area contributed by atoms with E-state index >= 15 is 0 Å². The van der Waals surface area contributed by atoms with Crippen molar-refractivity contribution in [2.45, 2.75) is 69.5 Å². The molecule has 5 heteroatoms. The molecule has 0 aromatic carbocycles. The molecule has 23 heavy (non-hydrogen) atoms. The lowest BCUT2D eigenvalue weighted by molar-refractivity contribution is 0.0526. The number of fused-ring (bicyclic) bond motifs is 2. The van der Waals surface area contributed by atoms with E-state index in [1.54, 1.807) is 0 Å². The van der Waals surface area contributed by atoms with E-state index in [4.69, 9.17) is 4.74 Å². The van der Waals surface area contributed by atoms with Crippen molar-refractivity contribution in [1.82, 2.24) is 15.5 Å². The van der Waals surface area contributed by atoms with Gasteiger partial charge in [-0.25, -0.2) is 0 Å². The minimum atomic E-state index is 0.579. The highest BCUT2D eigenvalue weighted by atomic mass is 16.5. The lowest BCUT2D eigenvalue weighted by Gasteiger charge is -2.47. The number of aliphatic imine (C=N–C) groups is 1. The van der Waals surface area contributed by atoms with Crippen LogP contribution in [-0.4, -0.2) is 62.8 Å². The van der Waals surface area contributed by atoms with Crippen LogP contribution in [0.4, 0.5) is 0 Å². The maximum Gasteiger partial charge on any atom is 0.191 e. The van der Waals surface area contributed by atoms with Gasteiger partial charge in [0, 0.05) is 44.9 Å². The van der Waals surface area contributed by atoms with Crippen LogP contribution in [0.2, 0.25) is 0 Å². The standard InChI is InChI=1S/C18H34N4O/c1-19-18(20-9-6-14-7-10-23-11-8-14)21-15-12-16-4-3-5-17(13-15)22(16)2/h14-17H,3-13H2,1-2H3,(H2,19,20,21). The van der Waals surface area contributed by atoms with Gasteiger partial charge in [0.1, 0.15) is 0 Å². The molecule has 3 rings (SSSR count). The number of guanidine groups is 1. The first-order valence-corrected chi connectivity index (χ1v) is 9.53. The Morgan fingerprint density at radius 3 is 2.48 bits per heavy atom. The molecule has 0 saturated carbocycles. The predicted molar refractivity (Wildman–Crippen MR) is 94.9 cm³/mol. The summed E-state index contributed by atoms with van der Waals surface area (Å²) in [5, 5.41) is 7.21. The third kappa shape index (κ3) is 4.60. The second-order valence-corrected chi connectivity index (χ2v) is 7.56. The Morgan fingerprint density at radius 2 is 1.83 bits per heavy atom. The molecule has 3 saturated heterocycles. The molecule has 0 amide bonds. The number of hydrogen-bond donors (Lipinski definition) is 2. The molecule has 132 valence electrons. The molecule has 3 aliphatic rings. The van der Waals surface area contributed by atoms with Crippen LogP contribution in [0.5, 0.6) is 0 Å². The van der Waals surface area contributed by atoms with Gasteiger partial charge in [-0.15, -0.1) is 0 Å². The van der Waals surface area contributed by atoms with Crippen LogP contribution in [0.1, 0.15) is 51.4 Å². The summed E-state index contributed by atoms with van der Waals surface area (Å²) >= 11 is 0. The number of rotatable bonds is 4. The van der Waals surface area contributed by atoms with Gasteiger partial charge in [-0.05, 0) is 57.9 Å². The molecular formula is C18H34N4O. The molecule has 5 nitrogen and oxygen atoms in total. The van der Waals surface area contributed by atoms with Crippen LogP contribution in [0.15, 0.2) is 4.99 Å². The largest absolute Gasteiger partial charge is 0.381 e. The molecule has 0 radical (unpaired) electrons. The maximum atomic E-state index is 5.43. The fourth-order valence-corrected chi connectivity index (χ4v) is 4.55. The van der Waals surface area contributed by atoms with E-state index in [1.165, 1.54) is 51.4 Å². The number of hydrogen-bond acceptors (Lipinski definition) is 3. The van der Waals surface area contributed by atoms with E-state index < -0.39 is 0 Å². The van der Waals surface area contributed by atoms with Gasteiger partial charge < -0.3 is 20.3 Å². The molecule has 3 heterocycles. The third-order valence-corrected chi connectivity index (χ3v) is 6.09. The van der Waals surface area contributed by atoms with Gasteiger partial charge in [0.05, 0.1) is 0 Å². The van der Waals surface area contributed by atoms with Crippen molar-refractivity contribution < 1.29 is 4.74 Å². The van der Waals surface area contributed by atoms with E-state index in [0.717, 1.165) is 43.7 Å². The van der Waals surface area contributed by atoms with Crippen molar-refractivity contribution in [3.8, 4) is 0 Å². The third-order valence-electron chi connectivity index (χ3n) is 6.09. The molecule has 0 spiro atoms. The van der Waals surface area contributed by atoms with Crippen molar-refractivity contribution in [3.05, 3.63) is 0 Å². The van der Waals surface area contributed by atoms with Gasteiger partial charge in [-0.3, -0.25) is 4.99 Å². The molecule has 2 unspecified atom stereocenters. The first-order chi connectivity index (χ1) is 11.3. The fourth-order valence-electron chi connectivity index (χ4n) is 4.55. The highest BCUT2D eigenvalue weighted by Crippen LogP contribution is 2.32. The summed E-state index contributed by atoms with van der Waals surface area (Å²) in [6.45, 7) is 2.90. The summed E-state index contributed by atoms with van der Waals surface area (Å²) in [4.78, 5) is 7.05. The number of ether oxygens (including phenoxy) is 1. The van der Waals surface area contributed by atoms with Crippen molar-refractivity contribution in [1.29, 1.82) is 0 Å². The van der Waals surface area contributed by atoms with Crippen LogP contribution in [0.25, 0.3) is 0 Å². The molecule has 2 atom stereocenters. The topological polar surface area (TPSA) is 48.9 Å². The van der Waals surface area contributed by atoms with Gasteiger partial charge in [0.2, 0.25) is 0 Å². The van der Waals surface area contributed by atoms with Crippen LogP contribution in [0.3, 0.4) is 0 Å². The van der Waals surface area contributed by atoms with Gasteiger partial charge in [0.25, 0.3) is 0 Å². The molecule has 2 N–H and O–H groups in total. The normalized spacial score (nSPS) is 33.5. The average molecular weight is 322 g/mol. The van der Waals surface area contributed by atoms with Gasteiger partial charge in [0.15, 0.2) is 5.96 Å². The summed E-state index contributed by atoms with van der Waals surface area (Å²) in [6.07, 6.45) is 10.3. The van der Waals surface area contributed by atoms with Crippen molar-refractivity contribution in [2.24, 2.45) is 10.9 Å². The molecule has 3 fully saturated rings. The van der Waals surface area contributed by atoms with E-state index in [-0.39, 0.29) is 0 Å². The Kier molecular flexibility index (Phi) is 6.17. The minimum absolute atomic E-state index is 0.579. The summed E-state index contributed by atoms with van der Waals surface area (Å²) < 4.78 is 5.43. The molecule has 0 aromatic rings. The van der Waals surface area contributed by atoms with Gasteiger partial charge >= 0.3 is 0 Å². The maximum absolute atomic E-state index is 5.43. The lowest BCUT2D eigenvalue weighted by atomic mass is 9.82. The highest BCUT2D eigenvalue weighted by molar-refractivity contribution is 5.79. The van der Waals surface area contributed by atoms with E-state index in [1.807, 2.05) is 7.05 Å². The van der Waals surface area contributed by atoms with E-state index in [9.17, 15) is 0 Å². The summed E-state index contributed by atoms with van der Waals surface area (Å²) in [5.41, 5.74) is 0. The second-order valence-electron chi connectivity index (χ2n) is 7.56. The summed E-state index contributed by atoms with van der Waals surface area (Å²) in [7, 11) is 4.20. The Balaban J connectivity index is 1.40. The van der Waals surface area contributed by atoms with Gasteiger partial charge in [-0.2, -0.15) is 0 Å². The number of nitrogens with zero attached hydrogens (tertiary/aromatic N) is 2. The Morgan fingerprint density at radius 1 is 1.13 bits per heavy atom. The first-order valence-electron chi connectivity index (χ1n) is 9.53. The monoisotopic (exact) mass is 322 g/mol. The van der Waals surface area contributed by atoms with Crippen LogP contribution >= 0.6 is 0 Å². The number of nitrogens with one attached hydrogen (secondary N) is 2. The molecular weight excluding hydrogens is 288 g/mol. The molecule has 0 aliphatic carbocycles. The SMILES string of the molecule is CN=C(NCCC1CCOCC1)NC1CC2CCCC(C1)N2C. The number of piperidine rings is 2. The molecule has 0 aromatic heterocycles. The zero-order valence-electron chi connectivity index (χ0n) is 14.9. The smallest absolute Gasteiger partial charge is 0.191 e. The summed E-state index contributed by atoms with van der Waals surface area (Å²) in [5.74, 6) is 1.81. The van der Waals surface area contributed by atoms with Crippen LogP contribution < -0.4 is 10.6 Å². The molecule has 2 bridgehead atoms. The lowest BCUT2D eigenvalue weighted by Crippen LogP contribution is -2.56.